The van der Waals surface area contributed by atoms with Gasteiger partial charge in [-0.05, 0) is 32.9 Å². The van der Waals surface area contributed by atoms with E-state index in [4.69, 9.17) is 9.72 Å². The van der Waals surface area contributed by atoms with Crippen LogP contribution < -0.4 is 4.90 Å². The number of ether oxygens (including phenoxy) is 1. The molecule has 1 saturated heterocycles. The first-order valence-electron chi connectivity index (χ1n) is 11.4. The highest BCUT2D eigenvalue weighted by atomic mass is 19.4. The van der Waals surface area contributed by atoms with Crippen LogP contribution in [0.2, 0.25) is 0 Å². The number of hydrogen-bond acceptors (Lipinski definition) is 7. The van der Waals surface area contributed by atoms with Crippen LogP contribution in [0.3, 0.4) is 0 Å². The van der Waals surface area contributed by atoms with Gasteiger partial charge in [0.1, 0.15) is 12.4 Å². The molecule has 3 aromatic rings. The molecule has 1 fully saturated rings. The van der Waals surface area contributed by atoms with Gasteiger partial charge in [0.05, 0.1) is 18.6 Å². The van der Waals surface area contributed by atoms with E-state index in [9.17, 15) is 13.2 Å². The summed E-state index contributed by atoms with van der Waals surface area (Å²) >= 11 is 0. The molecule has 0 saturated carbocycles. The van der Waals surface area contributed by atoms with Crippen LogP contribution >= 0.6 is 0 Å². The Morgan fingerprint density at radius 1 is 1.21 bits per heavy atom. The summed E-state index contributed by atoms with van der Waals surface area (Å²) in [6, 6.07) is 0. The Morgan fingerprint density at radius 2 is 1.94 bits per heavy atom. The SMILES string of the molecule is COCCN(C)c1nc(C2CCN(Cc3cn(C)nc3C)CC2)nc2c1ncn2CC(F)(F)F. The van der Waals surface area contributed by atoms with Gasteiger partial charge in [-0.3, -0.25) is 9.58 Å². The Bertz CT molecular complexity index is 1120. The second kappa shape index (κ2) is 9.87. The molecule has 0 atom stereocenters. The van der Waals surface area contributed by atoms with Crippen LogP contribution in [-0.4, -0.2) is 80.8 Å². The normalized spacial score (nSPS) is 16.0. The number of hydrogen-bond donors (Lipinski definition) is 0. The summed E-state index contributed by atoms with van der Waals surface area (Å²) in [7, 11) is 5.36. The van der Waals surface area contributed by atoms with Gasteiger partial charge < -0.3 is 14.2 Å². The number of rotatable bonds is 8. The summed E-state index contributed by atoms with van der Waals surface area (Å²) in [6.45, 7) is 4.43. The Kier molecular flexibility index (Phi) is 7.08. The van der Waals surface area contributed by atoms with Crippen molar-refractivity contribution in [2.24, 2.45) is 7.05 Å². The minimum absolute atomic E-state index is 0.0689. The zero-order valence-corrected chi connectivity index (χ0v) is 20.0. The lowest BCUT2D eigenvalue weighted by Crippen LogP contribution is -2.33. The summed E-state index contributed by atoms with van der Waals surface area (Å²) in [5, 5.41) is 4.41. The van der Waals surface area contributed by atoms with Crippen LogP contribution in [0.5, 0.6) is 0 Å². The van der Waals surface area contributed by atoms with E-state index in [0.717, 1.165) is 42.7 Å². The molecular weight excluding hydrogens is 449 g/mol. The molecule has 186 valence electrons. The number of aryl methyl sites for hydroxylation is 2. The van der Waals surface area contributed by atoms with E-state index in [1.165, 1.54) is 11.9 Å². The maximum absolute atomic E-state index is 13.1. The number of aromatic nitrogens is 6. The van der Waals surface area contributed by atoms with E-state index in [1.54, 1.807) is 7.11 Å². The highest BCUT2D eigenvalue weighted by Gasteiger charge is 2.31. The standard InChI is InChI=1S/C22H31F3N8O/c1-15-17(11-31(3)29-15)12-32-7-5-16(6-8-32)19-27-20(30(2)9-10-34-4)18-21(28-19)33(14-26-18)13-22(23,24)25/h11,14,16H,5-10,12-13H2,1-4H3. The summed E-state index contributed by atoms with van der Waals surface area (Å²) in [4.78, 5) is 17.8. The van der Waals surface area contributed by atoms with Gasteiger partial charge in [0.2, 0.25) is 0 Å². The summed E-state index contributed by atoms with van der Waals surface area (Å²) in [6.07, 6.45) is 0.543. The predicted octanol–water partition coefficient (Wildman–Crippen LogP) is 2.89. The Morgan fingerprint density at radius 3 is 2.56 bits per heavy atom. The zero-order valence-electron chi connectivity index (χ0n) is 20.0. The van der Waals surface area contributed by atoms with Crippen molar-refractivity contribution in [1.29, 1.82) is 0 Å². The van der Waals surface area contributed by atoms with Gasteiger partial charge in [-0.2, -0.15) is 18.3 Å². The van der Waals surface area contributed by atoms with E-state index >= 15 is 0 Å². The summed E-state index contributed by atoms with van der Waals surface area (Å²) < 4.78 is 47.5. The van der Waals surface area contributed by atoms with Crippen LogP contribution in [-0.2, 0) is 24.9 Å². The van der Waals surface area contributed by atoms with Crippen molar-refractivity contribution < 1.29 is 17.9 Å². The van der Waals surface area contributed by atoms with Crippen LogP contribution in [0.15, 0.2) is 12.5 Å². The number of likely N-dealkylation sites (tertiary alicyclic amines) is 1. The quantitative estimate of drug-likeness (QED) is 0.491. The third-order valence-corrected chi connectivity index (χ3v) is 6.27. The minimum Gasteiger partial charge on any atom is -0.383 e. The molecule has 4 heterocycles. The molecule has 0 aliphatic carbocycles. The van der Waals surface area contributed by atoms with Crippen LogP contribution in [0.4, 0.5) is 19.0 Å². The van der Waals surface area contributed by atoms with Gasteiger partial charge in [0, 0.05) is 52.0 Å². The molecule has 0 amide bonds. The number of piperidine rings is 1. The van der Waals surface area contributed by atoms with Gasteiger partial charge in [-0.15, -0.1) is 0 Å². The van der Waals surface area contributed by atoms with Crippen molar-refractivity contribution in [3.05, 3.63) is 29.6 Å². The molecule has 0 N–H and O–H groups in total. The van der Waals surface area contributed by atoms with Crippen LogP contribution in [0.1, 0.15) is 35.8 Å². The lowest BCUT2D eigenvalue weighted by atomic mass is 9.95. The van der Waals surface area contributed by atoms with Gasteiger partial charge >= 0.3 is 6.18 Å². The average molecular weight is 481 g/mol. The van der Waals surface area contributed by atoms with E-state index < -0.39 is 12.7 Å². The van der Waals surface area contributed by atoms with Gasteiger partial charge in [0.15, 0.2) is 17.0 Å². The number of likely N-dealkylation sites (N-methyl/N-ethyl adjacent to an activating group) is 1. The average Bonchev–Trinajstić information content (AvgIpc) is 3.32. The van der Waals surface area contributed by atoms with E-state index in [0.29, 0.717) is 30.3 Å². The monoisotopic (exact) mass is 480 g/mol. The first kappa shape index (κ1) is 24.4. The molecule has 4 rings (SSSR count). The molecule has 3 aromatic heterocycles. The Balaban J connectivity index is 1.57. The Labute approximate surface area is 196 Å². The zero-order chi connectivity index (χ0) is 24.5. The molecule has 0 bridgehead atoms. The molecule has 34 heavy (non-hydrogen) atoms. The van der Waals surface area contributed by atoms with Crippen molar-refractivity contribution in [3.8, 4) is 0 Å². The molecule has 0 aromatic carbocycles. The fourth-order valence-electron chi connectivity index (χ4n) is 4.43. The second-order valence-corrected chi connectivity index (χ2v) is 8.94. The number of imidazole rings is 1. The Hall–Kier alpha value is -2.73. The molecule has 1 aliphatic rings. The maximum atomic E-state index is 13.1. The molecular formula is C22H31F3N8O. The molecule has 9 nitrogen and oxygen atoms in total. The first-order valence-corrected chi connectivity index (χ1v) is 11.4. The second-order valence-electron chi connectivity index (χ2n) is 8.94. The number of nitrogens with zero attached hydrogens (tertiary/aromatic N) is 8. The highest BCUT2D eigenvalue weighted by Crippen LogP contribution is 2.31. The van der Waals surface area contributed by atoms with Crippen molar-refractivity contribution in [1.82, 2.24) is 34.2 Å². The van der Waals surface area contributed by atoms with Crippen LogP contribution in [0.25, 0.3) is 11.2 Å². The summed E-state index contributed by atoms with van der Waals surface area (Å²) in [5.74, 6) is 1.18. The van der Waals surface area contributed by atoms with Crippen LogP contribution in [0, 0.1) is 6.92 Å². The van der Waals surface area contributed by atoms with Gasteiger partial charge in [0.25, 0.3) is 0 Å². The number of alkyl halides is 3. The minimum atomic E-state index is -4.36. The molecule has 0 unspecified atom stereocenters. The largest absolute Gasteiger partial charge is 0.406 e. The fraction of sp³-hybridized carbons (Fsp3) is 0.636. The third kappa shape index (κ3) is 5.49. The number of fused-ring (bicyclic) bond motifs is 1. The van der Waals surface area contributed by atoms with E-state index in [-0.39, 0.29) is 11.6 Å². The topological polar surface area (TPSA) is 77.1 Å². The number of methoxy groups -OCH3 is 1. The van der Waals surface area contributed by atoms with E-state index in [2.05, 4.69) is 20.0 Å². The maximum Gasteiger partial charge on any atom is 0.406 e. The predicted molar refractivity (Wildman–Crippen MR) is 122 cm³/mol. The number of halogens is 3. The third-order valence-electron chi connectivity index (χ3n) is 6.27. The van der Waals surface area contributed by atoms with Crippen molar-refractivity contribution in [3.63, 3.8) is 0 Å². The molecule has 1 aliphatic heterocycles. The molecule has 12 heteroatoms. The smallest absolute Gasteiger partial charge is 0.383 e. The molecule has 0 radical (unpaired) electrons. The number of anilines is 1. The fourth-order valence-corrected chi connectivity index (χ4v) is 4.43. The lowest BCUT2D eigenvalue weighted by Gasteiger charge is -2.31. The first-order chi connectivity index (χ1) is 16.1. The van der Waals surface area contributed by atoms with Crippen molar-refractivity contribution in [2.45, 2.75) is 44.9 Å². The van der Waals surface area contributed by atoms with E-state index in [1.807, 2.05) is 36.8 Å². The van der Waals surface area contributed by atoms with Crippen molar-refractivity contribution >= 4 is 17.0 Å². The van der Waals surface area contributed by atoms with Crippen molar-refractivity contribution in [2.75, 3.05) is 45.3 Å². The van der Waals surface area contributed by atoms with Gasteiger partial charge in [-0.25, -0.2) is 15.0 Å². The molecule has 0 spiro atoms. The lowest BCUT2D eigenvalue weighted by molar-refractivity contribution is -0.140. The summed E-state index contributed by atoms with van der Waals surface area (Å²) in [5.41, 5.74) is 2.82. The highest BCUT2D eigenvalue weighted by molar-refractivity contribution is 5.83. The van der Waals surface area contributed by atoms with Gasteiger partial charge in [-0.1, -0.05) is 0 Å².